The molecule has 98 valence electrons. The summed E-state index contributed by atoms with van der Waals surface area (Å²) in [6, 6.07) is 4.63. The Bertz CT molecular complexity index is 474. The summed E-state index contributed by atoms with van der Waals surface area (Å²) in [6.45, 7) is 7.19. The highest BCUT2D eigenvalue weighted by Gasteiger charge is 2.29. The van der Waals surface area contributed by atoms with E-state index in [1.807, 2.05) is 0 Å². The smallest absolute Gasteiger partial charge is 0.269 e. The Morgan fingerprint density at radius 2 is 2.22 bits per heavy atom. The van der Waals surface area contributed by atoms with E-state index in [1.54, 1.807) is 12.1 Å². The highest BCUT2D eigenvalue weighted by molar-refractivity contribution is 6.31. The van der Waals surface area contributed by atoms with Crippen LogP contribution in [-0.4, -0.2) is 22.9 Å². The first-order valence-corrected chi connectivity index (χ1v) is 6.40. The topological polar surface area (TPSA) is 46.4 Å². The predicted molar refractivity (Wildman–Crippen MR) is 71.8 cm³/mol. The van der Waals surface area contributed by atoms with Crippen molar-refractivity contribution in [3.8, 4) is 0 Å². The van der Waals surface area contributed by atoms with Crippen LogP contribution in [0.3, 0.4) is 0 Å². The molecule has 0 spiro atoms. The van der Waals surface area contributed by atoms with Crippen LogP contribution < -0.4 is 0 Å². The maximum Gasteiger partial charge on any atom is 0.269 e. The second kappa shape index (κ2) is 4.86. The van der Waals surface area contributed by atoms with Gasteiger partial charge in [-0.15, -0.1) is 0 Å². The summed E-state index contributed by atoms with van der Waals surface area (Å²) in [7, 11) is 0. The number of non-ortho nitro benzene ring substituents is 1. The van der Waals surface area contributed by atoms with E-state index in [9.17, 15) is 10.1 Å². The van der Waals surface area contributed by atoms with Crippen LogP contribution in [0, 0.1) is 15.5 Å². The third-order valence-electron chi connectivity index (χ3n) is 3.39. The summed E-state index contributed by atoms with van der Waals surface area (Å²) in [6.07, 6.45) is 1.15. The largest absolute Gasteiger partial charge is 0.298 e. The fourth-order valence-corrected chi connectivity index (χ4v) is 2.57. The molecule has 18 heavy (non-hydrogen) atoms. The Morgan fingerprint density at radius 1 is 1.50 bits per heavy atom. The summed E-state index contributed by atoms with van der Waals surface area (Å²) in [4.78, 5) is 12.7. The van der Waals surface area contributed by atoms with Crippen molar-refractivity contribution in [2.45, 2.75) is 26.8 Å². The Hall–Kier alpha value is -1.13. The zero-order chi connectivity index (χ0) is 13.3. The summed E-state index contributed by atoms with van der Waals surface area (Å²) < 4.78 is 0. The van der Waals surface area contributed by atoms with Crippen molar-refractivity contribution in [3.63, 3.8) is 0 Å². The number of halogens is 1. The number of hydrogen-bond acceptors (Lipinski definition) is 3. The predicted octanol–water partition coefficient (Wildman–Crippen LogP) is 3.48. The maximum atomic E-state index is 10.8. The number of rotatable bonds is 3. The van der Waals surface area contributed by atoms with E-state index in [4.69, 9.17) is 11.6 Å². The molecule has 1 fully saturated rings. The summed E-state index contributed by atoms with van der Waals surface area (Å²) >= 11 is 6.10. The summed E-state index contributed by atoms with van der Waals surface area (Å²) in [5.41, 5.74) is 1.27. The molecule has 0 aromatic heterocycles. The van der Waals surface area contributed by atoms with E-state index < -0.39 is 0 Å². The average Bonchev–Trinajstić information content (AvgIpc) is 2.61. The van der Waals surface area contributed by atoms with E-state index in [-0.39, 0.29) is 10.6 Å². The normalized spacial score (nSPS) is 19.1. The molecular formula is C13H17ClN2O2. The first-order chi connectivity index (χ1) is 8.37. The van der Waals surface area contributed by atoms with Crippen molar-refractivity contribution in [1.29, 1.82) is 0 Å². The molecule has 5 heteroatoms. The maximum absolute atomic E-state index is 10.8. The molecule has 0 unspecified atom stereocenters. The fourth-order valence-electron chi connectivity index (χ4n) is 2.40. The lowest BCUT2D eigenvalue weighted by Crippen LogP contribution is -2.23. The van der Waals surface area contributed by atoms with E-state index in [0.717, 1.165) is 25.1 Å². The minimum atomic E-state index is -0.381. The summed E-state index contributed by atoms with van der Waals surface area (Å²) in [5.74, 6) is 0. The molecule has 1 saturated heterocycles. The first-order valence-electron chi connectivity index (χ1n) is 6.03. The molecule has 1 heterocycles. The highest BCUT2D eigenvalue weighted by atomic mass is 35.5. The molecule has 0 radical (unpaired) electrons. The van der Waals surface area contributed by atoms with Gasteiger partial charge in [-0.2, -0.15) is 0 Å². The van der Waals surface area contributed by atoms with Gasteiger partial charge in [-0.05, 0) is 30.0 Å². The van der Waals surface area contributed by atoms with Crippen LogP contribution >= 0.6 is 11.6 Å². The van der Waals surface area contributed by atoms with E-state index in [0.29, 0.717) is 17.0 Å². The monoisotopic (exact) mass is 268 g/mol. The van der Waals surface area contributed by atoms with Gasteiger partial charge in [0, 0.05) is 30.2 Å². The van der Waals surface area contributed by atoms with E-state index in [1.165, 1.54) is 6.07 Å². The van der Waals surface area contributed by atoms with Gasteiger partial charge < -0.3 is 0 Å². The third-order valence-corrected chi connectivity index (χ3v) is 3.76. The lowest BCUT2D eigenvalue weighted by molar-refractivity contribution is -0.384. The van der Waals surface area contributed by atoms with Crippen molar-refractivity contribution < 1.29 is 4.92 Å². The Balaban J connectivity index is 2.14. The zero-order valence-electron chi connectivity index (χ0n) is 10.6. The van der Waals surface area contributed by atoms with Crippen LogP contribution in [0.5, 0.6) is 0 Å². The molecule has 0 bridgehead atoms. The Kier molecular flexibility index (Phi) is 3.59. The second-order valence-electron chi connectivity index (χ2n) is 5.66. The van der Waals surface area contributed by atoms with Crippen molar-refractivity contribution in [3.05, 3.63) is 38.9 Å². The van der Waals surface area contributed by atoms with Gasteiger partial charge in [0.15, 0.2) is 0 Å². The number of benzene rings is 1. The first kappa shape index (κ1) is 13.3. The van der Waals surface area contributed by atoms with E-state index in [2.05, 4.69) is 18.7 Å². The molecule has 1 aliphatic rings. The molecule has 0 atom stereocenters. The zero-order valence-corrected chi connectivity index (χ0v) is 11.4. The quantitative estimate of drug-likeness (QED) is 0.623. The number of nitrogens with zero attached hydrogens (tertiary/aromatic N) is 2. The van der Waals surface area contributed by atoms with Gasteiger partial charge in [-0.1, -0.05) is 25.4 Å². The Morgan fingerprint density at radius 3 is 2.78 bits per heavy atom. The number of nitro benzene ring substituents is 1. The van der Waals surface area contributed by atoms with Gasteiger partial charge in [0.1, 0.15) is 0 Å². The van der Waals surface area contributed by atoms with Crippen LogP contribution in [0.15, 0.2) is 18.2 Å². The lowest BCUT2D eigenvalue weighted by Gasteiger charge is -2.20. The average molecular weight is 269 g/mol. The van der Waals surface area contributed by atoms with Gasteiger partial charge in [0.25, 0.3) is 5.69 Å². The molecule has 0 saturated carbocycles. The van der Waals surface area contributed by atoms with Crippen molar-refractivity contribution in [1.82, 2.24) is 4.90 Å². The molecule has 0 amide bonds. The standard InChI is InChI=1S/C13H17ClN2O2/c1-13(2)5-6-15(9-13)8-10-7-11(16(17)18)3-4-12(10)14/h3-4,7H,5-6,8-9H2,1-2H3. The van der Waals surface area contributed by atoms with Gasteiger partial charge in [-0.3, -0.25) is 15.0 Å². The van der Waals surface area contributed by atoms with Crippen LogP contribution in [-0.2, 0) is 6.54 Å². The molecule has 4 nitrogen and oxygen atoms in total. The van der Waals surface area contributed by atoms with Gasteiger partial charge >= 0.3 is 0 Å². The molecule has 2 rings (SSSR count). The third kappa shape index (κ3) is 3.00. The van der Waals surface area contributed by atoms with Crippen molar-refractivity contribution in [2.24, 2.45) is 5.41 Å². The second-order valence-corrected chi connectivity index (χ2v) is 6.06. The number of hydrogen-bond donors (Lipinski definition) is 0. The van der Waals surface area contributed by atoms with Gasteiger partial charge in [-0.25, -0.2) is 0 Å². The highest BCUT2D eigenvalue weighted by Crippen LogP contribution is 2.31. The minimum absolute atomic E-state index is 0.104. The lowest BCUT2D eigenvalue weighted by atomic mass is 9.93. The molecule has 0 aliphatic carbocycles. The molecule has 1 aromatic rings. The molecule has 0 N–H and O–H groups in total. The molecule has 1 aliphatic heterocycles. The number of likely N-dealkylation sites (tertiary alicyclic amines) is 1. The minimum Gasteiger partial charge on any atom is -0.298 e. The van der Waals surface area contributed by atoms with Crippen molar-refractivity contribution >= 4 is 17.3 Å². The van der Waals surface area contributed by atoms with Crippen LogP contribution in [0.4, 0.5) is 5.69 Å². The Labute approximate surface area is 112 Å². The van der Waals surface area contributed by atoms with Crippen LogP contribution in [0.2, 0.25) is 5.02 Å². The molecular weight excluding hydrogens is 252 g/mol. The SMILES string of the molecule is CC1(C)CCN(Cc2cc([N+](=O)[O-])ccc2Cl)C1. The molecule has 1 aromatic carbocycles. The fraction of sp³-hybridized carbons (Fsp3) is 0.538. The van der Waals surface area contributed by atoms with Gasteiger partial charge in [0.05, 0.1) is 4.92 Å². The summed E-state index contributed by atoms with van der Waals surface area (Å²) in [5, 5.41) is 11.4. The van der Waals surface area contributed by atoms with E-state index >= 15 is 0 Å². The van der Waals surface area contributed by atoms with Crippen LogP contribution in [0.25, 0.3) is 0 Å². The van der Waals surface area contributed by atoms with Gasteiger partial charge in [0.2, 0.25) is 0 Å². The van der Waals surface area contributed by atoms with Crippen molar-refractivity contribution in [2.75, 3.05) is 13.1 Å². The van der Waals surface area contributed by atoms with Crippen LogP contribution in [0.1, 0.15) is 25.8 Å². The number of nitro groups is 1.